The Morgan fingerprint density at radius 1 is 1.00 bits per heavy atom. The molecule has 1 aromatic heterocycles. The largest absolute Gasteiger partial charge is 0.495 e. The van der Waals surface area contributed by atoms with E-state index in [1.54, 1.807) is 30.3 Å². The number of para-hydroxylation sites is 2. The van der Waals surface area contributed by atoms with Crippen molar-refractivity contribution in [3.8, 4) is 16.3 Å². The number of methoxy groups -OCH3 is 1. The highest BCUT2D eigenvalue weighted by molar-refractivity contribution is 7.98. The number of carbonyl (C=O) groups excluding carboxylic acids is 1. The van der Waals surface area contributed by atoms with E-state index in [0.717, 1.165) is 10.5 Å². The molecule has 3 aromatic carbocycles. The predicted molar refractivity (Wildman–Crippen MR) is 127 cm³/mol. The number of thioether (sulfide) groups is 1. The molecular formula is C23H19FN4O2S2. The number of nitrogens with one attached hydrogen (secondary N) is 2. The standard InChI is InChI=1S/C23H19FN4O2S2/c1-30-19-12-6-5-11-18(19)25-22(29)26-23-28-27-21(32-23)16-9-3-7-13-20(16)31-14-15-8-2-4-10-17(15)24/h2-13H,14H2,1H3,(H2,25,26,28,29). The first kappa shape index (κ1) is 21.8. The Labute approximate surface area is 192 Å². The maximum absolute atomic E-state index is 14.0. The summed E-state index contributed by atoms with van der Waals surface area (Å²) in [5.74, 6) is 0.830. The number of halogens is 1. The number of carbonyl (C=O) groups is 1. The van der Waals surface area contributed by atoms with Gasteiger partial charge in [-0.25, -0.2) is 9.18 Å². The number of hydrogen-bond acceptors (Lipinski definition) is 6. The van der Waals surface area contributed by atoms with Crippen molar-refractivity contribution in [2.45, 2.75) is 10.6 Å². The number of rotatable bonds is 7. The van der Waals surface area contributed by atoms with Gasteiger partial charge in [-0.05, 0) is 29.8 Å². The van der Waals surface area contributed by atoms with Gasteiger partial charge in [0.25, 0.3) is 0 Å². The van der Waals surface area contributed by atoms with Crippen LogP contribution in [0.5, 0.6) is 5.75 Å². The average molecular weight is 467 g/mol. The van der Waals surface area contributed by atoms with Gasteiger partial charge in [0.15, 0.2) is 5.01 Å². The lowest BCUT2D eigenvalue weighted by molar-refractivity contribution is 0.262. The van der Waals surface area contributed by atoms with Gasteiger partial charge in [-0.15, -0.1) is 22.0 Å². The summed E-state index contributed by atoms with van der Waals surface area (Å²) in [6, 6.07) is 21.1. The summed E-state index contributed by atoms with van der Waals surface area (Å²) in [6.45, 7) is 0. The predicted octanol–water partition coefficient (Wildman–Crippen LogP) is 6.29. The molecule has 1 heterocycles. The van der Waals surface area contributed by atoms with E-state index >= 15 is 0 Å². The summed E-state index contributed by atoms with van der Waals surface area (Å²) in [7, 11) is 1.54. The number of hydrogen-bond donors (Lipinski definition) is 2. The van der Waals surface area contributed by atoms with E-state index in [9.17, 15) is 9.18 Å². The zero-order valence-electron chi connectivity index (χ0n) is 17.0. The second-order valence-electron chi connectivity index (χ2n) is 6.57. The molecule has 2 amide bonds. The number of anilines is 2. The van der Waals surface area contributed by atoms with Crippen molar-refractivity contribution in [2.75, 3.05) is 17.7 Å². The smallest absolute Gasteiger partial charge is 0.325 e. The van der Waals surface area contributed by atoms with Gasteiger partial charge in [0.2, 0.25) is 5.13 Å². The lowest BCUT2D eigenvalue weighted by Gasteiger charge is -2.09. The van der Waals surface area contributed by atoms with Gasteiger partial charge in [0, 0.05) is 16.2 Å². The fourth-order valence-corrected chi connectivity index (χ4v) is 4.80. The molecule has 0 aliphatic heterocycles. The fraction of sp³-hybridized carbons (Fsp3) is 0.0870. The Morgan fingerprint density at radius 3 is 2.59 bits per heavy atom. The van der Waals surface area contributed by atoms with Crippen LogP contribution in [-0.4, -0.2) is 23.3 Å². The highest BCUT2D eigenvalue weighted by atomic mass is 32.2. The third-order valence-electron chi connectivity index (χ3n) is 4.46. The molecule has 2 N–H and O–H groups in total. The molecule has 0 fully saturated rings. The summed E-state index contributed by atoms with van der Waals surface area (Å²) < 4.78 is 19.2. The Morgan fingerprint density at radius 2 is 1.75 bits per heavy atom. The second kappa shape index (κ2) is 10.3. The third-order valence-corrected chi connectivity index (χ3v) is 6.45. The van der Waals surface area contributed by atoms with Crippen LogP contribution in [0.1, 0.15) is 5.56 Å². The Bertz CT molecular complexity index is 1230. The maximum atomic E-state index is 14.0. The molecule has 32 heavy (non-hydrogen) atoms. The number of amides is 2. The molecule has 9 heteroatoms. The van der Waals surface area contributed by atoms with Gasteiger partial charge in [-0.3, -0.25) is 5.32 Å². The molecule has 0 atom stereocenters. The average Bonchev–Trinajstić information content (AvgIpc) is 3.27. The Balaban J connectivity index is 1.45. The van der Waals surface area contributed by atoms with Crippen LogP contribution in [0, 0.1) is 5.82 Å². The molecule has 0 radical (unpaired) electrons. The quantitative estimate of drug-likeness (QED) is 0.313. The molecule has 0 saturated heterocycles. The molecule has 4 aromatic rings. The molecule has 0 bridgehead atoms. The topological polar surface area (TPSA) is 76.1 Å². The molecule has 0 saturated carbocycles. The van der Waals surface area contributed by atoms with Crippen molar-refractivity contribution < 1.29 is 13.9 Å². The minimum absolute atomic E-state index is 0.221. The zero-order chi connectivity index (χ0) is 22.3. The summed E-state index contributed by atoms with van der Waals surface area (Å²) in [5, 5.41) is 14.8. The molecule has 162 valence electrons. The number of ether oxygens (including phenoxy) is 1. The molecule has 4 rings (SSSR count). The van der Waals surface area contributed by atoms with Gasteiger partial charge in [-0.2, -0.15) is 0 Å². The first-order chi connectivity index (χ1) is 15.6. The summed E-state index contributed by atoms with van der Waals surface area (Å²) in [5.41, 5.74) is 2.07. The number of benzene rings is 3. The second-order valence-corrected chi connectivity index (χ2v) is 8.56. The SMILES string of the molecule is COc1ccccc1NC(=O)Nc1nnc(-c2ccccc2SCc2ccccc2F)s1. The zero-order valence-corrected chi connectivity index (χ0v) is 18.7. The highest BCUT2D eigenvalue weighted by Gasteiger charge is 2.14. The van der Waals surface area contributed by atoms with Crippen molar-refractivity contribution in [1.82, 2.24) is 10.2 Å². The van der Waals surface area contributed by atoms with Crippen molar-refractivity contribution in [1.29, 1.82) is 0 Å². The lowest BCUT2D eigenvalue weighted by Crippen LogP contribution is -2.19. The van der Waals surface area contributed by atoms with Gasteiger partial charge < -0.3 is 10.1 Å². The van der Waals surface area contributed by atoms with Crippen LogP contribution in [0.15, 0.2) is 77.7 Å². The van der Waals surface area contributed by atoms with Crippen molar-refractivity contribution >= 4 is 39.9 Å². The first-order valence-corrected chi connectivity index (χ1v) is 11.4. The minimum Gasteiger partial charge on any atom is -0.495 e. The molecule has 0 unspecified atom stereocenters. The van der Waals surface area contributed by atoms with E-state index in [-0.39, 0.29) is 5.82 Å². The molecule has 0 aliphatic rings. The minimum atomic E-state index is -0.445. The van der Waals surface area contributed by atoms with Crippen LogP contribution in [0.2, 0.25) is 0 Å². The monoisotopic (exact) mass is 466 g/mol. The molecule has 6 nitrogen and oxygen atoms in total. The van der Waals surface area contributed by atoms with E-state index in [2.05, 4.69) is 20.8 Å². The Kier molecular flexibility index (Phi) is 6.98. The van der Waals surface area contributed by atoms with Crippen LogP contribution in [0.25, 0.3) is 10.6 Å². The van der Waals surface area contributed by atoms with E-state index in [1.165, 1.54) is 36.3 Å². The van der Waals surface area contributed by atoms with Gasteiger partial charge >= 0.3 is 6.03 Å². The van der Waals surface area contributed by atoms with E-state index in [0.29, 0.717) is 32.9 Å². The first-order valence-electron chi connectivity index (χ1n) is 9.64. The van der Waals surface area contributed by atoms with Crippen LogP contribution in [-0.2, 0) is 5.75 Å². The van der Waals surface area contributed by atoms with Crippen molar-refractivity contribution in [2.24, 2.45) is 0 Å². The number of aromatic nitrogens is 2. The number of urea groups is 1. The Hall–Kier alpha value is -3.43. The lowest BCUT2D eigenvalue weighted by atomic mass is 10.2. The van der Waals surface area contributed by atoms with Gasteiger partial charge in [0.1, 0.15) is 11.6 Å². The van der Waals surface area contributed by atoms with Gasteiger partial charge in [0.05, 0.1) is 12.8 Å². The van der Waals surface area contributed by atoms with Crippen LogP contribution in [0.3, 0.4) is 0 Å². The van der Waals surface area contributed by atoms with Crippen molar-refractivity contribution in [3.05, 3.63) is 84.2 Å². The molecule has 0 spiro atoms. The van der Waals surface area contributed by atoms with E-state index < -0.39 is 6.03 Å². The summed E-state index contributed by atoms with van der Waals surface area (Å²) in [6.07, 6.45) is 0. The van der Waals surface area contributed by atoms with E-state index in [4.69, 9.17) is 4.74 Å². The third kappa shape index (κ3) is 5.24. The summed E-state index contributed by atoms with van der Waals surface area (Å²) in [4.78, 5) is 13.3. The maximum Gasteiger partial charge on any atom is 0.325 e. The van der Waals surface area contributed by atoms with Crippen LogP contribution >= 0.6 is 23.1 Å². The normalized spacial score (nSPS) is 10.6. The molecule has 0 aliphatic carbocycles. The van der Waals surface area contributed by atoms with Crippen LogP contribution < -0.4 is 15.4 Å². The highest BCUT2D eigenvalue weighted by Crippen LogP contribution is 2.36. The number of nitrogens with zero attached hydrogens (tertiary/aromatic N) is 2. The van der Waals surface area contributed by atoms with Gasteiger partial charge in [-0.1, -0.05) is 59.9 Å². The van der Waals surface area contributed by atoms with Crippen molar-refractivity contribution in [3.63, 3.8) is 0 Å². The molecular weight excluding hydrogens is 447 g/mol. The van der Waals surface area contributed by atoms with E-state index in [1.807, 2.05) is 36.4 Å². The fourth-order valence-electron chi connectivity index (χ4n) is 2.92. The van der Waals surface area contributed by atoms with Crippen LogP contribution in [0.4, 0.5) is 20.0 Å². The summed E-state index contributed by atoms with van der Waals surface area (Å²) >= 11 is 2.78.